The first-order chi connectivity index (χ1) is 12.5. The summed E-state index contributed by atoms with van der Waals surface area (Å²) in [5.74, 6) is 0.634. The molecule has 0 aliphatic heterocycles. The average Bonchev–Trinajstić information content (AvgIpc) is 2.67. The van der Waals surface area contributed by atoms with Crippen LogP contribution in [0.1, 0.15) is 24.5 Å². The van der Waals surface area contributed by atoms with Crippen molar-refractivity contribution in [1.29, 1.82) is 0 Å². The lowest BCUT2D eigenvalue weighted by molar-refractivity contribution is -0.119. The van der Waals surface area contributed by atoms with Crippen molar-refractivity contribution in [2.24, 2.45) is 0 Å². The van der Waals surface area contributed by atoms with Crippen molar-refractivity contribution in [3.63, 3.8) is 0 Å². The van der Waals surface area contributed by atoms with Gasteiger partial charge in [-0.1, -0.05) is 25.1 Å². The number of rotatable bonds is 8. The van der Waals surface area contributed by atoms with Crippen LogP contribution in [0.25, 0.3) is 0 Å². The molecule has 26 heavy (non-hydrogen) atoms. The normalized spacial score (nSPS) is 10.1. The maximum atomic E-state index is 12.0. The second-order valence-corrected chi connectivity index (χ2v) is 5.91. The highest BCUT2D eigenvalue weighted by Gasteiger charge is 2.06. The Kier molecular flexibility index (Phi) is 7.02. The number of carbonyl (C=O) groups is 2. The highest BCUT2D eigenvalue weighted by molar-refractivity contribution is 5.92. The Hall–Kier alpha value is -3.02. The third-order valence-corrected chi connectivity index (χ3v) is 3.93. The van der Waals surface area contributed by atoms with Crippen LogP contribution in [0.2, 0.25) is 0 Å². The van der Waals surface area contributed by atoms with E-state index < -0.39 is 0 Å². The second kappa shape index (κ2) is 9.46. The third-order valence-electron chi connectivity index (χ3n) is 3.93. The highest BCUT2D eigenvalue weighted by Crippen LogP contribution is 2.20. The summed E-state index contributed by atoms with van der Waals surface area (Å²) in [6.07, 6.45) is 0.421. The van der Waals surface area contributed by atoms with Gasteiger partial charge in [0.05, 0.1) is 13.7 Å². The lowest BCUT2D eigenvalue weighted by Gasteiger charge is -2.12. The second-order valence-electron chi connectivity index (χ2n) is 5.91. The van der Waals surface area contributed by atoms with E-state index in [9.17, 15) is 9.59 Å². The molecule has 0 spiro atoms. The van der Waals surface area contributed by atoms with Crippen molar-refractivity contribution in [3.05, 3.63) is 53.6 Å². The fourth-order valence-electron chi connectivity index (χ4n) is 2.29. The van der Waals surface area contributed by atoms with Gasteiger partial charge in [-0.25, -0.2) is 0 Å². The van der Waals surface area contributed by atoms with Gasteiger partial charge in [0, 0.05) is 24.3 Å². The molecule has 6 heteroatoms. The molecule has 2 aromatic rings. The minimum atomic E-state index is -0.111. The minimum absolute atomic E-state index is 0.0394. The predicted molar refractivity (Wildman–Crippen MR) is 103 cm³/mol. The molecule has 2 rings (SSSR count). The zero-order valence-corrected chi connectivity index (χ0v) is 15.4. The van der Waals surface area contributed by atoms with E-state index in [0.29, 0.717) is 13.0 Å². The molecule has 0 saturated carbocycles. The molecule has 2 aromatic carbocycles. The summed E-state index contributed by atoms with van der Waals surface area (Å²) < 4.78 is 5.11. The highest BCUT2D eigenvalue weighted by atomic mass is 16.5. The summed E-state index contributed by atoms with van der Waals surface area (Å²) in [5, 5.41) is 8.79. The number of nitrogens with one attached hydrogen (secondary N) is 3. The number of ether oxygens (including phenoxy) is 1. The van der Waals surface area contributed by atoms with Gasteiger partial charge in [0.2, 0.25) is 11.8 Å². The summed E-state index contributed by atoms with van der Waals surface area (Å²) in [5.41, 5.74) is 3.50. The van der Waals surface area contributed by atoms with Gasteiger partial charge in [-0.05, 0) is 42.3 Å². The largest absolute Gasteiger partial charge is 0.497 e. The number of amides is 2. The molecule has 0 fully saturated rings. The van der Waals surface area contributed by atoms with Crippen LogP contribution in [0.4, 0.5) is 11.4 Å². The van der Waals surface area contributed by atoms with Gasteiger partial charge >= 0.3 is 0 Å². The van der Waals surface area contributed by atoms with Crippen molar-refractivity contribution in [3.8, 4) is 5.75 Å². The summed E-state index contributed by atoms with van der Waals surface area (Å²) in [7, 11) is 1.62. The van der Waals surface area contributed by atoms with Gasteiger partial charge in [0.1, 0.15) is 5.75 Å². The monoisotopic (exact) mass is 355 g/mol. The van der Waals surface area contributed by atoms with Crippen LogP contribution in [-0.2, 0) is 16.1 Å². The van der Waals surface area contributed by atoms with E-state index in [4.69, 9.17) is 4.74 Å². The van der Waals surface area contributed by atoms with E-state index in [0.717, 1.165) is 28.3 Å². The van der Waals surface area contributed by atoms with Crippen LogP contribution in [0.3, 0.4) is 0 Å². The number of methoxy groups -OCH3 is 1. The Morgan fingerprint density at radius 1 is 1.04 bits per heavy atom. The molecule has 2 amide bonds. The van der Waals surface area contributed by atoms with Gasteiger partial charge in [0.15, 0.2) is 0 Å². The molecule has 0 aliphatic rings. The fourth-order valence-corrected chi connectivity index (χ4v) is 2.29. The van der Waals surface area contributed by atoms with E-state index in [-0.39, 0.29) is 18.4 Å². The first-order valence-corrected chi connectivity index (χ1v) is 8.55. The van der Waals surface area contributed by atoms with Gasteiger partial charge < -0.3 is 20.7 Å². The van der Waals surface area contributed by atoms with Crippen molar-refractivity contribution < 1.29 is 14.3 Å². The SMILES string of the molecule is CCC(=O)Nc1cc(NCC(=O)NCc2ccc(OC)cc2)ccc1C. The number of hydrogen-bond acceptors (Lipinski definition) is 4. The zero-order valence-electron chi connectivity index (χ0n) is 15.4. The standard InChI is InChI=1S/C20H25N3O3/c1-4-19(24)23-18-11-16(8-5-14(18)2)21-13-20(25)22-12-15-6-9-17(26-3)10-7-15/h5-11,21H,4,12-13H2,1-3H3,(H,22,25)(H,23,24). The molecule has 0 heterocycles. The first-order valence-electron chi connectivity index (χ1n) is 8.55. The van der Waals surface area contributed by atoms with Crippen molar-refractivity contribution in [2.75, 3.05) is 24.3 Å². The van der Waals surface area contributed by atoms with Crippen molar-refractivity contribution >= 4 is 23.2 Å². The third kappa shape index (κ3) is 5.81. The zero-order chi connectivity index (χ0) is 18.9. The van der Waals surface area contributed by atoms with E-state index >= 15 is 0 Å². The van der Waals surface area contributed by atoms with Gasteiger partial charge in [-0.3, -0.25) is 9.59 Å². The number of carbonyl (C=O) groups excluding carboxylic acids is 2. The summed E-state index contributed by atoms with van der Waals surface area (Å²) in [6, 6.07) is 13.2. The Balaban J connectivity index is 1.84. The quantitative estimate of drug-likeness (QED) is 0.680. The molecule has 0 aliphatic carbocycles. The molecule has 3 N–H and O–H groups in total. The molecule has 0 bridgehead atoms. The lowest BCUT2D eigenvalue weighted by atomic mass is 10.1. The van der Waals surface area contributed by atoms with E-state index in [1.807, 2.05) is 49.4 Å². The lowest BCUT2D eigenvalue weighted by Crippen LogP contribution is -2.29. The molecule has 0 atom stereocenters. The Bertz CT molecular complexity index is 757. The Morgan fingerprint density at radius 2 is 1.77 bits per heavy atom. The first kappa shape index (κ1) is 19.3. The molecule has 0 aromatic heterocycles. The fraction of sp³-hybridized carbons (Fsp3) is 0.300. The van der Waals surface area contributed by atoms with Crippen molar-refractivity contribution in [1.82, 2.24) is 5.32 Å². The maximum Gasteiger partial charge on any atom is 0.239 e. The maximum absolute atomic E-state index is 12.0. The summed E-state index contributed by atoms with van der Waals surface area (Å²) >= 11 is 0. The smallest absolute Gasteiger partial charge is 0.239 e. The topological polar surface area (TPSA) is 79.5 Å². The predicted octanol–water partition coefficient (Wildman–Crippen LogP) is 3.08. The summed E-state index contributed by atoms with van der Waals surface area (Å²) in [6.45, 7) is 4.34. The molecular weight excluding hydrogens is 330 g/mol. The van der Waals surface area contributed by atoms with Crippen LogP contribution in [0.5, 0.6) is 5.75 Å². The number of hydrogen-bond donors (Lipinski definition) is 3. The minimum Gasteiger partial charge on any atom is -0.497 e. The van der Waals surface area contributed by atoms with Crippen LogP contribution < -0.4 is 20.7 Å². The van der Waals surface area contributed by atoms with Crippen LogP contribution >= 0.6 is 0 Å². The molecule has 6 nitrogen and oxygen atoms in total. The van der Waals surface area contributed by atoms with E-state index in [1.165, 1.54) is 0 Å². The molecule has 0 radical (unpaired) electrons. The summed E-state index contributed by atoms with van der Waals surface area (Å²) in [4.78, 5) is 23.6. The van der Waals surface area contributed by atoms with Gasteiger partial charge in [-0.2, -0.15) is 0 Å². The molecular formula is C20H25N3O3. The van der Waals surface area contributed by atoms with Gasteiger partial charge in [-0.15, -0.1) is 0 Å². The van der Waals surface area contributed by atoms with E-state index in [1.54, 1.807) is 14.0 Å². The van der Waals surface area contributed by atoms with Crippen molar-refractivity contribution in [2.45, 2.75) is 26.8 Å². The Morgan fingerprint density at radius 3 is 2.42 bits per heavy atom. The van der Waals surface area contributed by atoms with Crippen LogP contribution in [0, 0.1) is 6.92 Å². The van der Waals surface area contributed by atoms with E-state index in [2.05, 4.69) is 16.0 Å². The molecule has 0 saturated heterocycles. The number of benzene rings is 2. The average molecular weight is 355 g/mol. The number of anilines is 2. The Labute approximate surface area is 153 Å². The number of aryl methyl sites for hydroxylation is 1. The molecule has 138 valence electrons. The van der Waals surface area contributed by atoms with Gasteiger partial charge in [0.25, 0.3) is 0 Å². The van der Waals surface area contributed by atoms with Crippen LogP contribution in [0.15, 0.2) is 42.5 Å². The van der Waals surface area contributed by atoms with Crippen LogP contribution in [-0.4, -0.2) is 25.5 Å². The molecule has 0 unspecified atom stereocenters.